The van der Waals surface area contributed by atoms with Gasteiger partial charge in [-0.25, -0.2) is 77.4 Å². The second-order valence-corrected chi connectivity index (χ2v) is 35.2. The third kappa shape index (κ3) is 20.5. The zero-order valence-electron chi connectivity index (χ0n) is 76.3. The van der Waals surface area contributed by atoms with Crippen LogP contribution >= 0.6 is 0 Å². The Morgan fingerprint density at radius 1 is 0.373 bits per heavy atom. The van der Waals surface area contributed by atoms with Gasteiger partial charge in [-0.3, -0.25) is 9.59 Å². The molecule has 16 heterocycles. The number of nitrogens with two attached hydrogens (primary N) is 1. The topological polar surface area (TPSA) is 375 Å². The van der Waals surface area contributed by atoms with Gasteiger partial charge in [0.2, 0.25) is 11.8 Å². The Labute approximate surface area is 772 Å². The van der Waals surface area contributed by atoms with E-state index in [0.717, 1.165) is 211 Å². The first kappa shape index (κ1) is 90.9. The largest absolute Gasteiger partial charge is 0.370 e. The Kier molecular flexibility index (Phi) is 27.4. The average Bonchev–Trinajstić information content (AvgIpc) is 1.64. The summed E-state index contributed by atoms with van der Waals surface area (Å²) in [4.78, 5) is 101. The maximum Gasteiger partial charge on any atom is 0.239 e. The van der Waals surface area contributed by atoms with E-state index in [1.807, 2.05) is 78.7 Å². The Balaban J connectivity index is 0.000000124. The molecule has 2 atom stereocenters. The van der Waals surface area contributed by atoms with E-state index in [1.165, 1.54) is 48.5 Å². The van der Waals surface area contributed by atoms with Crippen molar-refractivity contribution in [1.29, 1.82) is 0 Å². The van der Waals surface area contributed by atoms with Crippen molar-refractivity contribution in [3.8, 4) is 45.6 Å². The normalized spacial score (nSPS) is 15.4. The zero-order valence-corrected chi connectivity index (χ0v) is 76.3. The fourth-order valence-corrected chi connectivity index (χ4v) is 17.2. The fourth-order valence-electron chi connectivity index (χ4n) is 17.2. The van der Waals surface area contributed by atoms with Crippen LogP contribution in [0.2, 0.25) is 0 Å². The molecule has 0 saturated carbocycles. The van der Waals surface area contributed by atoms with Crippen LogP contribution in [0.5, 0.6) is 0 Å². The van der Waals surface area contributed by atoms with E-state index in [-0.39, 0.29) is 64.7 Å². The summed E-state index contributed by atoms with van der Waals surface area (Å²) >= 11 is 0. The summed E-state index contributed by atoms with van der Waals surface area (Å²) < 4.78 is 53.6. The summed E-state index contributed by atoms with van der Waals surface area (Å²) in [5.74, 6) is 4.35. The molecule has 4 fully saturated rings. The molecule has 4 saturated heterocycles. The summed E-state index contributed by atoms with van der Waals surface area (Å²) in [7, 11) is 0. The van der Waals surface area contributed by atoms with Crippen molar-refractivity contribution >= 4 is 125 Å². The molecule has 4 aliphatic heterocycles. The first-order valence-electron chi connectivity index (χ1n) is 45.3. The highest BCUT2D eigenvalue weighted by molar-refractivity contribution is 6.05. The predicted octanol–water partition coefficient (Wildman–Crippen LogP) is 18.3. The number of nitrogens with zero attached hydrogens (tertiary/aromatic N) is 16. The van der Waals surface area contributed by atoms with Gasteiger partial charge in [-0.2, -0.15) is 0 Å². The number of nitrogens with one attached hydrogen (secondary N) is 11. The number of piperazine rings is 3. The van der Waals surface area contributed by atoms with Gasteiger partial charge < -0.3 is 82.5 Å². The fraction of sp³-hybridized carbons (Fsp3) is 0.300. The summed E-state index contributed by atoms with van der Waals surface area (Å²) in [6, 6.07) is 33.4. The number of carbonyl (C=O) groups excluding carboxylic acids is 2. The maximum atomic E-state index is 13.4. The van der Waals surface area contributed by atoms with Gasteiger partial charge in [0, 0.05) is 202 Å². The lowest BCUT2D eigenvalue weighted by Gasteiger charge is -2.33. The number of rotatable bonds is 21. The lowest BCUT2D eigenvalue weighted by molar-refractivity contribution is -0.122. The molecular weight excluding hydrogens is 1700 g/mol. The van der Waals surface area contributed by atoms with Gasteiger partial charge in [0.1, 0.15) is 69.1 Å². The maximum absolute atomic E-state index is 13.4. The Morgan fingerprint density at radius 2 is 0.649 bits per heavy atom. The average molecular weight is 1810 g/mol. The highest BCUT2D eigenvalue weighted by Gasteiger charge is 2.30. The number of aromatic amines is 4. The third-order valence-corrected chi connectivity index (χ3v) is 24.4. The Bertz CT molecular complexity index is 6640. The molecule has 134 heavy (non-hydrogen) atoms. The monoisotopic (exact) mass is 1810 g/mol. The van der Waals surface area contributed by atoms with E-state index in [0.29, 0.717) is 66.7 Å². The van der Waals surface area contributed by atoms with Crippen molar-refractivity contribution in [2.75, 3.05) is 113 Å². The van der Waals surface area contributed by atoms with Crippen molar-refractivity contribution < 1.29 is 27.2 Å². The summed E-state index contributed by atoms with van der Waals surface area (Å²) in [5.41, 5.74) is 23.4. The molecule has 12 aromatic heterocycles. The molecule has 0 aliphatic carbocycles. The van der Waals surface area contributed by atoms with Crippen molar-refractivity contribution in [2.24, 2.45) is 11.7 Å². The second-order valence-electron chi connectivity index (χ2n) is 35.2. The minimum Gasteiger partial charge on any atom is -0.370 e. The van der Waals surface area contributed by atoms with E-state index in [4.69, 9.17) is 25.7 Å². The molecular formula is C100H108F4N28O2. The highest BCUT2D eigenvalue weighted by Crippen LogP contribution is 2.43. The number of halogens is 4. The standard InChI is InChI=1S/C26H28FN7O.2C25H28FN7.C24H24FN7O/c1-15(2)19-13-30-24(17-3-5-18(27)6-4-17)33-25(19)32-20-7-10-29-26-22(20)21(14-31-26)34-11-8-16(9-12-34)23(28)35;2*1-15(2)19-12-29-23(17-4-6-18(26)7-5-17)32-24(19)31-20-8-9-28-25-22(20)21(13-30-25)33-11-10-27-16(3)14-33;1-14(2)17-11-28-22(15-3-5-16(25)6-4-15)31-23(17)30-18-7-8-27-24-21(18)19(12-29-24)32-10-9-26-20(33)13-32/h3-7,10,13-16H,8-9,11-12H2,1-2H3,(H2,28,35)(H2,29,30,31,32,33);2*4-9,12-13,15-16,27H,10-11,14H2,1-3H3,(H2,28,29,30,31,32);3-8,11-12,14H,9-10,13H2,1-2H3,(H,26,33)(H2,27,28,29,30,31)/t;2*16-;/m.10./s1. The van der Waals surface area contributed by atoms with Gasteiger partial charge in [-0.15, -0.1) is 0 Å². The van der Waals surface area contributed by atoms with Gasteiger partial charge in [-0.05, 0) is 172 Å². The number of H-pyrrole nitrogens is 4. The van der Waals surface area contributed by atoms with E-state index in [2.05, 4.69) is 181 Å². The van der Waals surface area contributed by atoms with Gasteiger partial charge in [0.15, 0.2) is 23.3 Å². The lowest BCUT2D eigenvalue weighted by Crippen LogP contribution is -2.49. The minimum atomic E-state index is -0.304. The summed E-state index contributed by atoms with van der Waals surface area (Å²) in [6.45, 7) is 29.9. The number of hydrogen-bond acceptors (Lipinski definition) is 24. The number of anilines is 12. The van der Waals surface area contributed by atoms with Crippen LogP contribution in [0.25, 0.3) is 89.7 Å². The van der Waals surface area contributed by atoms with Gasteiger partial charge in [0.05, 0.1) is 73.6 Å². The van der Waals surface area contributed by atoms with Crippen molar-refractivity contribution in [3.63, 3.8) is 0 Å². The summed E-state index contributed by atoms with van der Waals surface area (Å²) in [5, 5.41) is 27.9. The van der Waals surface area contributed by atoms with Gasteiger partial charge in [0.25, 0.3) is 0 Å². The zero-order chi connectivity index (χ0) is 93.4. The number of pyridine rings is 4. The number of amides is 2. The number of aromatic nitrogens is 16. The third-order valence-electron chi connectivity index (χ3n) is 24.4. The van der Waals surface area contributed by atoms with E-state index >= 15 is 0 Å². The van der Waals surface area contributed by atoms with Crippen LogP contribution in [-0.4, -0.2) is 176 Å². The van der Waals surface area contributed by atoms with Crippen molar-refractivity contribution in [1.82, 2.24) is 95.7 Å². The summed E-state index contributed by atoms with van der Waals surface area (Å²) in [6.07, 6.45) is 23.8. The molecule has 4 aliphatic rings. The van der Waals surface area contributed by atoms with Gasteiger partial charge in [-0.1, -0.05) is 55.4 Å². The van der Waals surface area contributed by atoms with Crippen LogP contribution in [0.4, 0.5) is 86.3 Å². The van der Waals surface area contributed by atoms with Crippen LogP contribution < -0.4 is 62.6 Å². The first-order chi connectivity index (χ1) is 64.9. The quantitative estimate of drug-likeness (QED) is 0.0297. The molecule has 0 bridgehead atoms. The molecule has 34 heteroatoms. The van der Waals surface area contributed by atoms with Crippen LogP contribution in [-0.2, 0) is 9.59 Å². The minimum absolute atomic E-state index is 0.00386. The number of primary amides is 1. The molecule has 688 valence electrons. The highest BCUT2D eigenvalue weighted by atomic mass is 19.1. The van der Waals surface area contributed by atoms with Crippen LogP contribution in [0.1, 0.15) is 128 Å². The molecule has 20 rings (SSSR count). The molecule has 2 amide bonds. The first-order valence-corrected chi connectivity index (χ1v) is 45.3. The van der Waals surface area contributed by atoms with Crippen molar-refractivity contribution in [3.05, 3.63) is 241 Å². The molecule has 30 nitrogen and oxygen atoms in total. The molecule has 4 aromatic carbocycles. The molecule has 16 aromatic rings. The SMILES string of the molecule is CC(C)c1cnc(-c2ccc(F)cc2)nc1Nc1ccnc2[nH]cc(N3CCC(C(N)=O)CC3)c12.CC(C)c1cnc(-c2ccc(F)cc2)nc1Nc1ccnc2[nH]cc(N3CCNC(=O)C3)c12.CC(C)c1cnc(-c2ccc(F)cc2)nc1Nc1ccnc2[nH]cc(N3CCN[C@@H](C)C3)c12.CC(C)c1cnc(-c2ccc(F)cc2)nc1Nc1ccnc2[nH]cc(N3CCN[C@H](C)C3)c12. The molecule has 0 unspecified atom stereocenters. The van der Waals surface area contributed by atoms with Crippen LogP contribution in [0.3, 0.4) is 0 Å². The second kappa shape index (κ2) is 40.3. The van der Waals surface area contributed by atoms with E-state index in [1.54, 1.807) is 73.3 Å². The number of hydrogen-bond donors (Lipinski definition) is 12. The van der Waals surface area contributed by atoms with Gasteiger partial charge >= 0.3 is 0 Å². The number of benzene rings is 4. The number of carbonyl (C=O) groups is 2. The molecule has 0 radical (unpaired) electrons. The van der Waals surface area contributed by atoms with E-state index < -0.39 is 0 Å². The Hall–Kier alpha value is -15.1. The predicted molar refractivity (Wildman–Crippen MR) is 522 cm³/mol. The molecule has 0 spiro atoms. The Morgan fingerprint density at radius 3 is 0.918 bits per heavy atom. The smallest absolute Gasteiger partial charge is 0.239 e. The van der Waals surface area contributed by atoms with E-state index in [9.17, 15) is 27.2 Å². The number of fused-ring (bicyclic) bond motifs is 4. The van der Waals surface area contributed by atoms with Crippen LogP contribution in [0, 0.1) is 29.2 Å². The molecule has 13 N–H and O–H groups in total. The van der Waals surface area contributed by atoms with Crippen molar-refractivity contribution in [2.45, 2.75) is 118 Å². The lowest BCUT2D eigenvalue weighted by atomic mass is 9.96. The van der Waals surface area contributed by atoms with Crippen LogP contribution in [0.15, 0.2) is 196 Å². The number of piperidine rings is 1.